The molecule has 1 fully saturated rings. The standard InChI is InChI=1S/C16H15FN4O.CH4/c17-11-1-2-13-14(7-19-15(13)5-11)10-6-20-21(8-10)12-3-9(4-12)16(18)22;/h1-2,5-9,12,19H,3-4H2,(H2,18,22);1H4. The van der Waals surface area contributed by atoms with Crippen LogP contribution in [0.25, 0.3) is 22.0 Å². The van der Waals surface area contributed by atoms with Gasteiger partial charge in [0.15, 0.2) is 0 Å². The largest absolute Gasteiger partial charge is 0.369 e. The number of aromatic amines is 1. The number of aromatic nitrogens is 3. The van der Waals surface area contributed by atoms with Crippen LogP contribution < -0.4 is 5.73 Å². The van der Waals surface area contributed by atoms with Gasteiger partial charge in [0.2, 0.25) is 5.91 Å². The van der Waals surface area contributed by atoms with Gasteiger partial charge in [-0.3, -0.25) is 9.48 Å². The summed E-state index contributed by atoms with van der Waals surface area (Å²) >= 11 is 0. The molecule has 0 atom stereocenters. The lowest BCUT2D eigenvalue weighted by atomic mass is 9.80. The molecule has 4 rings (SSSR count). The molecule has 0 saturated heterocycles. The minimum atomic E-state index is -0.261. The summed E-state index contributed by atoms with van der Waals surface area (Å²) in [5, 5.41) is 5.35. The van der Waals surface area contributed by atoms with Crippen LogP contribution in [0.4, 0.5) is 4.39 Å². The fourth-order valence-corrected chi connectivity index (χ4v) is 3.05. The molecule has 5 nitrogen and oxygen atoms in total. The summed E-state index contributed by atoms with van der Waals surface area (Å²) in [5.74, 6) is -0.528. The van der Waals surface area contributed by atoms with E-state index in [9.17, 15) is 9.18 Å². The third-order valence-electron chi connectivity index (χ3n) is 4.45. The Labute approximate surface area is 133 Å². The maximum absolute atomic E-state index is 13.2. The number of amides is 1. The average molecular weight is 314 g/mol. The first-order valence-electron chi connectivity index (χ1n) is 7.22. The second-order valence-corrected chi connectivity index (χ2v) is 5.83. The van der Waals surface area contributed by atoms with Crippen molar-refractivity contribution in [2.75, 3.05) is 0 Å². The topological polar surface area (TPSA) is 76.7 Å². The van der Waals surface area contributed by atoms with E-state index in [1.165, 1.54) is 12.1 Å². The number of nitrogens with one attached hydrogen (secondary N) is 1. The average Bonchev–Trinajstić information content (AvgIpc) is 3.02. The highest BCUT2D eigenvalue weighted by Gasteiger charge is 2.34. The fraction of sp³-hybridized carbons (Fsp3) is 0.294. The molecule has 1 aliphatic carbocycles. The second-order valence-electron chi connectivity index (χ2n) is 5.83. The van der Waals surface area contributed by atoms with Crippen LogP contribution in [-0.2, 0) is 4.79 Å². The predicted octanol–water partition coefficient (Wildman–Crippen LogP) is 3.24. The molecule has 0 spiro atoms. The van der Waals surface area contributed by atoms with Gasteiger partial charge < -0.3 is 10.7 Å². The van der Waals surface area contributed by atoms with Crippen molar-refractivity contribution >= 4 is 16.8 Å². The molecule has 1 aliphatic rings. The zero-order valence-electron chi connectivity index (χ0n) is 11.8. The molecule has 23 heavy (non-hydrogen) atoms. The molecule has 6 heteroatoms. The van der Waals surface area contributed by atoms with Crippen LogP contribution in [0.1, 0.15) is 26.3 Å². The van der Waals surface area contributed by atoms with Crippen molar-refractivity contribution in [2.24, 2.45) is 11.7 Å². The van der Waals surface area contributed by atoms with Crippen LogP contribution in [0.3, 0.4) is 0 Å². The van der Waals surface area contributed by atoms with Crippen LogP contribution in [0.2, 0.25) is 0 Å². The summed E-state index contributed by atoms with van der Waals surface area (Å²) < 4.78 is 15.1. The molecule has 0 radical (unpaired) electrons. The number of primary amides is 1. The Balaban J connectivity index is 0.00000156. The number of carbonyl (C=O) groups excluding carboxylic acids is 1. The Hall–Kier alpha value is -2.63. The van der Waals surface area contributed by atoms with Crippen LogP contribution in [0.5, 0.6) is 0 Å². The molecule has 1 amide bonds. The molecule has 0 unspecified atom stereocenters. The monoisotopic (exact) mass is 314 g/mol. The lowest BCUT2D eigenvalue weighted by Gasteiger charge is -2.33. The minimum Gasteiger partial charge on any atom is -0.369 e. The first-order chi connectivity index (χ1) is 10.6. The number of carbonyl (C=O) groups is 1. The van der Waals surface area contributed by atoms with E-state index in [2.05, 4.69) is 10.1 Å². The molecule has 1 saturated carbocycles. The molecule has 2 aromatic heterocycles. The molecular formula is C17H19FN4O. The van der Waals surface area contributed by atoms with Crippen molar-refractivity contribution in [3.63, 3.8) is 0 Å². The number of rotatable bonds is 3. The quantitative estimate of drug-likeness (QED) is 0.778. The predicted molar refractivity (Wildman–Crippen MR) is 87.2 cm³/mol. The highest BCUT2D eigenvalue weighted by molar-refractivity contribution is 5.95. The van der Waals surface area contributed by atoms with Crippen LogP contribution >= 0.6 is 0 Å². The van der Waals surface area contributed by atoms with Gasteiger partial charge in [-0.25, -0.2) is 4.39 Å². The number of fused-ring (bicyclic) bond motifs is 1. The Morgan fingerprint density at radius 1 is 1.39 bits per heavy atom. The van der Waals surface area contributed by atoms with Crippen molar-refractivity contribution in [3.8, 4) is 11.1 Å². The van der Waals surface area contributed by atoms with Gasteiger partial charge in [0, 0.05) is 40.3 Å². The lowest BCUT2D eigenvalue weighted by Crippen LogP contribution is -2.36. The molecule has 3 aromatic rings. The first-order valence-corrected chi connectivity index (χ1v) is 7.22. The van der Waals surface area contributed by atoms with Crippen molar-refractivity contribution in [3.05, 3.63) is 42.6 Å². The summed E-state index contributed by atoms with van der Waals surface area (Å²) in [7, 11) is 0. The molecule has 2 heterocycles. The van der Waals surface area contributed by atoms with Crippen molar-refractivity contribution in [2.45, 2.75) is 26.3 Å². The highest BCUT2D eigenvalue weighted by Crippen LogP contribution is 2.38. The Morgan fingerprint density at radius 2 is 2.17 bits per heavy atom. The van der Waals surface area contributed by atoms with Gasteiger partial charge in [0.25, 0.3) is 0 Å². The summed E-state index contributed by atoms with van der Waals surface area (Å²) in [5.41, 5.74) is 8.02. The van der Waals surface area contributed by atoms with E-state index < -0.39 is 0 Å². The maximum Gasteiger partial charge on any atom is 0.220 e. The van der Waals surface area contributed by atoms with E-state index in [4.69, 9.17) is 5.73 Å². The Bertz CT molecular complexity index is 860. The first kappa shape index (κ1) is 15.3. The molecule has 120 valence electrons. The summed E-state index contributed by atoms with van der Waals surface area (Å²) in [4.78, 5) is 14.2. The summed E-state index contributed by atoms with van der Waals surface area (Å²) in [6, 6.07) is 4.93. The number of benzene rings is 1. The number of hydrogen-bond acceptors (Lipinski definition) is 2. The van der Waals surface area contributed by atoms with Crippen molar-refractivity contribution < 1.29 is 9.18 Å². The summed E-state index contributed by atoms with van der Waals surface area (Å²) in [6.07, 6.45) is 7.11. The number of nitrogens with two attached hydrogens (primary N) is 1. The third-order valence-corrected chi connectivity index (χ3v) is 4.45. The Morgan fingerprint density at radius 3 is 2.91 bits per heavy atom. The number of nitrogens with zero attached hydrogens (tertiary/aromatic N) is 2. The molecular weight excluding hydrogens is 295 g/mol. The van der Waals surface area contributed by atoms with Gasteiger partial charge in [-0.1, -0.05) is 7.43 Å². The van der Waals surface area contributed by atoms with E-state index in [0.29, 0.717) is 0 Å². The SMILES string of the molecule is C.NC(=O)C1CC(n2cc(-c3c[nH]c4cc(F)ccc34)cn2)C1. The van der Waals surface area contributed by atoms with Gasteiger partial charge in [-0.05, 0) is 31.0 Å². The van der Waals surface area contributed by atoms with Gasteiger partial charge >= 0.3 is 0 Å². The van der Waals surface area contributed by atoms with E-state index in [1.807, 2.05) is 17.1 Å². The number of H-pyrrole nitrogens is 1. The fourth-order valence-electron chi connectivity index (χ4n) is 3.05. The van der Waals surface area contributed by atoms with E-state index >= 15 is 0 Å². The second kappa shape index (κ2) is 5.53. The van der Waals surface area contributed by atoms with Crippen LogP contribution in [0, 0.1) is 11.7 Å². The van der Waals surface area contributed by atoms with Gasteiger partial charge in [0.05, 0.1) is 12.2 Å². The zero-order chi connectivity index (χ0) is 15.3. The van der Waals surface area contributed by atoms with Gasteiger partial charge in [0.1, 0.15) is 5.82 Å². The van der Waals surface area contributed by atoms with Crippen molar-refractivity contribution in [1.82, 2.24) is 14.8 Å². The number of halogens is 1. The normalized spacial score (nSPS) is 20.0. The third kappa shape index (κ3) is 2.50. The molecule has 3 N–H and O–H groups in total. The lowest BCUT2D eigenvalue weighted by molar-refractivity contribution is -0.125. The highest BCUT2D eigenvalue weighted by atomic mass is 19.1. The minimum absolute atomic E-state index is 0. The van der Waals surface area contributed by atoms with Crippen LogP contribution in [-0.4, -0.2) is 20.7 Å². The smallest absolute Gasteiger partial charge is 0.220 e. The van der Waals surface area contributed by atoms with Crippen LogP contribution in [0.15, 0.2) is 36.8 Å². The van der Waals surface area contributed by atoms with Crippen molar-refractivity contribution in [1.29, 1.82) is 0 Å². The zero-order valence-corrected chi connectivity index (χ0v) is 11.8. The molecule has 0 aliphatic heterocycles. The maximum atomic E-state index is 13.2. The van der Waals surface area contributed by atoms with E-state index in [1.54, 1.807) is 12.3 Å². The van der Waals surface area contributed by atoms with Gasteiger partial charge in [-0.2, -0.15) is 5.10 Å². The number of hydrogen-bond donors (Lipinski definition) is 2. The van der Waals surface area contributed by atoms with Gasteiger partial charge in [-0.15, -0.1) is 0 Å². The molecule has 0 bridgehead atoms. The van der Waals surface area contributed by atoms with E-state index in [0.717, 1.165) is 34.9 Å². The molecule has 1 aromatic carbocycles. The summed E-state index contributed by atoms with van der Waals surface area (Å²) in [6.45, 7) is 0. The Kier molecular flexibility index (Phi) is 3.67. The van der Waals surface area contributed by atoms with E-state index in [-0.39, 0.29) is 31.1 Å².